The van der Waals surface area contributed by atoms with Crippen molar-refractivity contribution in [2.24, 2.45) is 0 Å². The number of anilines is 2. The second kappa shape index (κ2) is 10.6. The molecule has 0 bridgehead atoms. The van der Waals surface area contributed by atoms with Gasteiger partial charge in [-0.15, -0.1) is 0 Å². The summed E-state index contributed by atoms with van der Waals surface area (Å²) in [7, 11) is 0. The molecule has 1 fully saturated rings. The zero-order chi connectivity index (χ0) is 23.2. The van der Waals surface area contributed by atoms with Crippen LogP contribution in [-0.4, -0.2) is 60.4 Å². The minimum Gasteiger partial charge on any atom is -0.325 e. The van der Waals surface area contributed by atoms with Gasteiger partial charge in [0.2, 0.25) is 11.8 Å². The monoisotopic (exact) mass is 444 g/mol. The number of nitrogens with zero attached hydrogens (tertiary/aromatic N) is 2. The maximum atomic E-state index is 12.8. The Morgan fingerprint density at radius 3 is 2.33 bits per heavy atom. The molecule has 0 saturated carbocycles. The summed E-state index contributed by atoms with van der Waals surface area (Å²) in [6.45, 7) is 7.43. The van der Waals surface area contributed by atoms with Crippen molar-refractivity contribution in [1.29, 1.82) is 0 Å². The van der Waals surface area contributed by atoms with Gasteiger partial charge in [0.25, 0.3) is 0 Å². The first kappa shape index (κ1) is 23.0. The maximum absolute atomic E-state index is 12.8. The van der Waals surface area contributed by atoms with E-state index in [-0.39, 0.29) is 17.9 Å². The molecule has 1 saturated heterocycles. The van der Waals surface area contributed by atoms with E-state index in [1.54, 1.807) is 0 Å². The topological polar surface area (TPSA) is 64.7 Å². The van der Waals surface area contributed by atoms with E-state index < -0.39 is 0 Å². The highest BCUT2D eigenvalue weighted by Crippen LogP contribution is 2.20. The predicted octanol–water partition coefficient (Wildman–Crippen LogP) is 3.99. The van der Waals surface area contributed by atoms with Gasteiger partial charge in [-0.1, -0.05) is 55.5 Å². The highest BCUT2D eigenvalue weighted by atomic mass is 16.2. The summed E-state index contributed by atoms with van der Waals surface area (Å²) in [6, 6.07) is 21.8. The molecule has 33 heavy (non-hydrogen) atoms. The fourth-order valence-electron chi connectivity index (χ4n) is 4.33. The first-order valence-corrected chi connectivity index (χ1v) is 11.7. The van der Waals surface area contributed by atoms with Gasteiger partial charge < -0.3 is 10.6 Å². The molecule has 0 spiro atoms. The van der Waals surface area contributed by atoms with Crippen LogP contribution in [0.4, 0.5) is 11.4 Å². The normalized spacial score (nSPS) is 15.8. The quantitative estimate of drug-likeness (QED) is 0.579. The van der Waals surface area contributed by atoms with Gasteiger partial charge in [0.15, 0.2) is 0 Å². The molecule has 1 unspecified atom stereocenters. The number of hydrogen-bond acceptors (Lipinski definition) is 4. The number of benzene rings is 3. The molecule has 0 aliphatic carbocycles. The molecule has 2 amide bonds. The van der Waals surface area contributed by atoms with Gasteiger partial charge in [0.05, 0.1) is 12.6 Å². The van der Waals surface area contributed by atoms with Gasteiger partial charge in [0.1, 0.15) is 0 Å². The third-order valence-electron chi connectivity index (χ3n) is 6.39. The van der Waals surface area contributed by atoms with Crippen molar-refractivity contribution in [3.8, 4) is 0 Å². The molecular weight excluding hydrogens is 412 g/mol. The van der Waals surface area contributed by atoms with E-state index >= 15 is 0 Å². The van der Waals surface area contributed by atoms with E-state index in [0.29, 0.717) is 6.54 Å². The largest absolute Gasteiger partial charge is 0.325 e. The summed E-state index contributed by atoms with van der Waals surface area (Å²) < 4.78 is 0. The zero-order valence-corrected chi connectivity index (χ0v) is 19.4. The van der Waals surface area contributed by atoms with Crippen LogP contribution in [0.2, 0.25) is 0 Å². The predicted molar refractivity (Wildman–Crippen MR) is 135 cm³/mol. The SMILES string of the molecule is CCc1ccccc1NC(=O)CN1CCN(C(C)C(=O)Nc2ccc3ccccc3c2)CC1. The molecule has 2 N–H and O–H groups in total. The molecule has 3 aromatic rings. The van der Waals surface area contributed by atoms with Crippen molar-refractivity contribution < 1.29 is 9.59 Å². The van der Waals surface area contributed by atoms with Crippen LogP contribution in [0.15, 0.2) is 66.7 Å². The Labute approximate surface area is 195 Å². The van der Waals surface area contributed by atoms with E-state index in [9.17, 15) is 9.59 Å². The second-order valence-electron chi connectivity index (χ2n) is 8.60. The number of carbonyl (C=O) groups is 2. The first-order valence-electron chi connectivity index (χ1n) is 11.7. The van der Waals surface area contributed by atoms with Crippen molar-refractivity contribution in [3.05, 3.63) is 72.3 Å². The number of aryl methyl sites for hydroxylation is 1. The number of para-hydroxylation sites is 1. The van der Waals surface area contributed by atoms with Crippen LogP contribution in [0.1, 0.15) is 19.4 Å². The smallest absolute Gasteiger partial charge is 0.241 e. The molecule has 1 aliphatic heterocycles. The standard InChI is InChI=1S/C27H32N4O2/c1-3-21-8-6-7-11-25(21)29-26(32)19-30-14-16-31(17-15-30)20(2)27(33)28-24-13-12-22-9-4-5-10-23(22)18-24/h4-13,18,20H,3,14-17,19H2,1-2H3,(H,28,33)(H,29,32). The number of amides is 2. The lowest BCUT2D eigenvalue weighted by Gasteiger charge is -2.37. The minimum atomic E-state index is -0.233. The number of rotatable bonds is 7. The highest BCUT2D eigenvalue weighted by molar-refractivity contribution is 5.97. The summed E-state index contributed by atoms with van der Waals surface area (Å²) in [5.41, 5.74) is 2.85. The molecule has 1 aliphatic rings. The third kappa shape index (κ3) is 5.78. The average Bonchev–Trinajstić information content (AvgIpc) is 2.84. The molecule has 0 radical (unpaired) electrons. The van der Waals surface area contributed by atoms with Crippen LogP contribution >= 0.6 is 0 Å². The van der Waals surface area contributed by atoms with Gasteiger partial charge in [0, 0.05) is 37.6 Å². The van der Waals surface area contributed by atoms with Gasteiger partial charge in [-0.2, -0.15) is 0 Å². The average molecular weight is 445 g/mol. The fraction of sp³-hybridized carbons (Fsp3) is 0.333. The summed E-state index contributed by atoms with van der Waals surface area (Å²) in [6.07, 6.45) is 0.883. The molecule has 1 heterocycles. The number of fused-ring (bicyclic) bond motifs is 1. The number of nitrogens with one attached hydrogen (secondary N) is 2. The Morgan fingerprint density at radius 1 is 0.879 bits per heavy atom. The Kier molecular flexibility index (Phi) is 7.37. The van der Waals surface area contributed by atoms with Gasteiger partial charge in [-0.05, 0) is 47.9 Å². The second-order valence-corrected chi connectivity index (χ2v) is 8.60. The molecule has 4 rings (SSSR count). The van der Waals surface area contributed by atoms with Crippen molar-refractivity contribution in [1.82, 2.24) is 9.80 Å². The van der Waals surface area contributed by atoms with Crippen LogP contribution in [0.25, 0.3) is 10.8 Å². The lowest BCUT2D eigenvalue weighted by molar-refractivity contribution is -0.122. The van der Waals surface area contributed by atoms with E-state index in [2.05, 4.69) is 33.4 Å². The third-order valence-corrected chi connectivity index (χ3v) is 6.39. The number of carbonyl (C=O) groups excluding carboxylic acids is 2. The Bertz CT molecular complexity index is 1120. The van der Waals surface area contributed by atoms with Gasteiger partial charge in [-0.25, -0.2) is 0 Å². The Balaban J connectivity index is 1.26. The van der Waals surface area contributed by atoms with Crippen LogP contribution in [0, 0.1) is 0 Å². The van der Waals surface area contributed by atoms with E-state index in [1.807, 2.05) is 67.6 Å². The first-order chi connectivity index (χ1) is 16.0. The van der Waals surface area contributed by atoms with Crippen molar-refractivity contribution in [2.45, 2.75) is 26.3 Å². The van der Waals surface area contributed by atoms with Crippen molar-refractivity contribution >= 4 is 34.0 Å². The van der Waals surface area contributed by atoms with E-state index in [4.69, 9.17) is 0 Å². The molecule has 172 valence electrons. The molecule has 1 atom stereocenters. The molecule has 6 nitrogen and oxygen atoms in total. The Hall–Kier alpha value is -3.22. The van der Waals surface area contributed by atoms with Crippen molar-refractivity contribution in [3.63, 3.8) is 0 Å². The lowest BCUT2D eigenvalue weighted by atomic mass is 10.1. The fourth-order valence-corrected chi connectivity index (χ4v) is 4.33. The van der Waals surface area contributed by atoms with Crippen LogP contribution in [-0.2, 0) is 16.0 Å². The summed E-state index contributed by atoms with van der Waals surface area (Å²) in [5.74, 6) is -0.000840. The van der Waals surface area contributed by atoms with Gasteiger partial charge >= 0.3 is 0 Å². The Morgan fingerprint density at radius 2 is 1.58 bits per heavy atom. The van der Waals surface area contributed by atoms with Crippen LogP contribution in [0.5, 0.6) is 0 Å². The van der Waals surface area contributed by atoms with Crippen molar-refractivity contribution in [2.75, 3.05) is 43.4 Å². The molecule has 3 aromatic carbocycles. The van der Waals surface area contributed by atoms with Crippen LogP contribution in [0.3, 0.4) is 0 Å². The zero-order valence-electron chi connectivity index (χ0n) is 19.4. The number of piperazine rings is 1. The minimum absolute atomic E-state index is 0.00597. The summed E-state index contributed by atoms with van der Waals surface area (Å²) >= 11 is 0. The number of hydrogen-bond donors (Lipinski definition) is 2. The highest BCUT2D eigenvalue weighted by Gasteiger charge is 2.26. The summed E-state index contributed by atoms with van der Waals surface area (Å²) in [5, 5.41) is 8.36. The lowest BCUT2D eigenvalue weighted by Crippen LogP contribution is -2.53. The maximum Gasteiger partial charge on any atom is 0.241 e. The van der Waals surface area contributed by atoms with Crippen LogP contribution < -0.4 is 10.6 Å². The molecule has 0 aromatic heterocycles. The summed E-state index contributed by atoms with van der Waals surface area (Å²) in [4.78, 5) is 29.7. The molecular formula is C27H32N4O2. The molecule has 6 heteroatoms. The van der Waals surface area contributed by atoms with E-state index in [0.717, 1.165) is 60.3 Å². The van der Waals surface area contributed by atoms with E-state index in [1.165, 1.54) is 0 Å². The van der Waals surface area contributed by atoms with Gasteiger partial charge in [-0.3, -0.25) is 19.4 Å².